The van der Waals surface area contributed by atoms with Gasteiger partial charge in [-0.25, -0.2) is 9.97 Å². The Bertz CT molecular complexity index is 688. The smallest absolute Gasteiger partial charge is 0.368 e. The summed E-state index contributed by atoms with van der Waals surface area (Å²) in [6.45, 7) is 1.58. The van der Waals surface area contributed by atoms with Gasteiger partial charge in [0.05, 0.1) is 11.6 Å². The molecule has 22 heavy (non-hydrogen) atoms. The maximum Gasteiger partial charge on any atom is 0.416 e. The average Bonchev–Trinajstić information content (AvgIpc) is 2.46. The quantitative estimate of drug-likeness (QED) is 0.913. The van der Waals surface area contributed by atoms with Crippen LogP contribution in [0, 0.1) is 0 Å². The number of amides is 1. The first kappa shape index (κ1) is 15.7. The molecule has 5 nitrogen and oxygen atoms in total. The van der Waals surface area contributed by atoms with Gasteiger partial charge >= 0.3 is 6.18 Å². The summed E-state index contributed by atoms with van der Waals surface area (Å²) >= 11 is 0. The number of benzene rings is 1. The van der Waals surface area contributed by atoms with E-state index in [-0.39, 0.29) is 11.6 Å². The second kappa shape index (κ2) is 6.00. The Hall–Kier alpha value is -2.64. The maximum absolute atomic E-state index is 12.7. The third kappa shape index (κ3) is 3.72. The number of carbonyl (C=O) groups is 1. The van der Waals surface area contributed by atoms with Gasteiger partial charge in [0.2, 0.25) is 5.95 Å². The number of halogens is 3. The van der Waals surface area contributed by atoms with Crippen molar-refractivity contribution in [1.82, 2.24) is 15.3 Å². The molecule has 116 valence electrons. The molecule has 1 aromatic carbocycles. The van der Waals surface area contributed by atoms with Gasteiger partial charge in [0, 0.05) is 6.20 Å². The summed E-state index contributed by atoms with van der Waals surface area (Å²) in [5, 5.41) is 2.57. The summed E-state index contributed by atoms with van der Waals surface area (Å²) in [5.41, 5.74) is 5.00. The average molecular weight is 310 g/mol. The number of nitrogens with two attached hydrogens (primary N) is 1. The molecule has 0 bridgehead atoms. The molecule has 1 aromatic heterocycles. The highest BCUT2D eigenvalue weighted by molar-refractivity contribution is 5.92. The van der Waals surface area contributed by atoms with Crippen molar-refractivity contribution < 1.29 is 18.0 Å². The highest BCUT2D eigenvalue weighted by Crippen LogP contribution is 2.30. The third-order valence-electron chi connectivity index (χ3n) is 2.97. The first-order chi connectivity index (χ1) is 10.3. The predicted molar refractivity (Wildman–Crippen MR) is 73.8 cm³/mol. The van der Waals surface area contributed by atoms with Crippen molar-refractivity contribution in [2.24, 2.45) is 0 Å². The van der Waals surface area contributed by atoms with Gasteiger partial charge in [0.15, 0.2) is 0 Å². The van der Waals surface area contributed by atoms with Crippen LogP contribution in [0.4, 0.5) is 19.1 Å². The van der Waals surface area contributed by atoms with Gasteiger partial charge in [0.25, 0.3) is 5.91 Å². The Labute approximate surface area is 124 Å². The lowest BCUT2D eigenvalue weighted by molar-refractivity contribution is -0.137. The van der Waals surface area contributed by atoms with Crippen LogP contribution < -0.4 is 11.1 Å². The molecular formula is C14H13F3N4O. The van der Waals surface area contributed by atoms with E-state index in [0.717, 1.165) is 12.1 Å². The van der Waals surface area contributed by atoms with Crippen LogP contribution >= 0.6 is 0 Å². The number of nitrogens with one attached hydrogen (secondary N) is 1. The van der Waals surface area contributed by atoms with Gasteiger partial charge in [-0.3, -0.25) is 4.79 Å². The minimum Gasteiger partial charge on any atom is -0.368 e. The van der Waals surface area contributed by atoms with E-state index in [0.29, 0.717) is 5.56 Å². The molecule has 2 rings (SSSR count). The van der Waals surface area contributed by atoms with Crippen LogP contribution in [0.5, 0.6) is 0 Å². The van der Waals surface area contributed by atoms with Crippen molar-refractivity contribution in [2.45, 2.75) is 19.1 Å². The van der Waals surface area contributed by atoms with Gasteiger partial charge in [-0.1, -0.05) is 12.1 Å². The molecule has 0 aliphatic rings. The zero-order chi connectivity index (χ0) is 16.3. The number of carbonyl (C=O) groups excluding carboxylic acids is 1. The topological polar surface area (TPSA) is 80.9 Å². The first-order valence-electron chi connectivity index (χ1n) is 6.34. The molecule has 0 radical (unpaired) electrons. The molecule has 1 atom stereocenters. The normalized spacial score (nSPS) is 12.7. The zero-order valence-electron chi connectivity index (χ0n) is 11.6. The highest BCUT2D eigenvalue weighted by atomic mass is 19.4. The van der Waals surface area contributed by atoms with Crippen LogP contribution in [0.2, 0.25) is 0 Å². The second-order valence-electron chi connectivity index (χ2n) is 4.62. The van der Waals surface area contributed by atoms with Crippen LogP contribution in [-0.2, 0) is 6.18 Å². The van der Waals surface area contributed by atoms with Gasteiger partial charge in [0.1, 0.15) is 5.69 Å². The number of hydrogen-bond donors (Lipinski definition) is 2. The van der Waals surface area contributed by atoms with E-state index in [4.69, 9.17) is 5.73 Å². The first-order valence-corrected chi connectivity index (χ1v) is 6.34. The summed E-state index contributed by atoms with van der Waals surface area (Å²) in [7, 11) is 0. The Morgan fingerprint density at radius 3 is 2.68 bits per heavy atom. The summed E-state index contributed by atoms with van der Waals surface area (Å²) in [5.74, 6) is -0.599. The van der Waals surface area contributed by atoms with Gasteiger partial charge in [-0.05, 0) is 30.7 Å². The van der Waals surface area contributed by atoms with Crippen molar-refractivity contribution in [2.75, 3.05) is 5.73 Å². The van der Waals surface area contributed by atoms with Crippen LogP contribution in [-0.4, -0.2) is 15.9 Å². The van der Waals surface area contributed by atoms with Crippen LogP contribution in [0.1, 0.15) is 34.6 Å². The Kier molecular flexibility index (Phi) is 4.30. The van der Waals surface area contributed by atoms with E-state index in [2.05, 4.69) is 15.3 Å². The van der Waals surface area contributed by atoms with E-state index in [1.165, 1.54) is 24.4 Å². The highest BCUT2D eigenvalue weighted by Gasteiger charge is 2.30. The SMILES string of the molecule is CC(NC(=O)c1ccnc(N)n1)c1cccc(C(F)(F)F)c1. The fraction of sp³-hybridized carbons (Fsp3) is 0.214. The van der Waals surface area contributed by atoms with Crippen molar-refractivity contribution in [3.05, 3.63) is 53.3 Å². The molecule has 2 aromatic rings. The van der Waals surface area contributed by atoms with E-state index in [9.17, 15) is 18.0 Å². The molecule has 0 spiro atoms. The van der Waals surface area contributed by atoms with Crippen molar-refractivity contribution >= 4 is 11.9 Å². The van der Waals surface area contributed by atoms with Gasteiger partial charge < -0.3 is 11.1 Å². The predicted octanol–water partition coefficient (Wildman–Crippen LogP) is 2.57. The zero-order valence-corrected chi connectivity index (χ0v) is 11.6. The van der Waals surface area contributed by atoms with E-state index < -0.39 is 23.7 Å². The number of aromatic nitrogens is 2. The van der Waals surface area contributed by atoms with Crippen molar-refractivity contribution in [1.29, 1.82) is 0 Å². The molecule has 1 heterocycles. The lowest BCUT2D eigenvalue weighted by Crippen LogP contribution is -2.28. The largest absolute Gasteiger partial charge is 0.416 e. The van der Waals surface area contributed by atoms with Gasteiger partial charge in [-0.2, -0.15) is 13.2 Å². The molecule has 1 amide bonds. The number of nitrogen functional groups attached to an aromatic ring is 1. The van der Waals surface area contributed by atoms with Crippen molar-refractivity contribution in [3.8, 4) is 0 Å². The van der Waals surface area contributed by atoms with Gasteiger partial charge in [-0.15, -0.1) is 0 Å². The molecule has 8 heteroatoms. The van der Waals surface area contributed by atoms with E-state index in [1.807, 2.05) is 0 Å². The molecule has 0 saturated heterocycles. The lowest BCUT2D eigenvalue weighted by Gasteiger charge is -2.16. The number of alkyl halides is 3. The fourth-order valence-corrected chi connectivity index (χ4v) is 1.84. The Balaban J connectivity index is 2.15. The molecule has 0 fully saturated rings. The summed E-state index contributed by atoms with van der Waals surface area (Å²) < 4.78 is 38.1. The van der Waals surface area contributed by atoms with Crippen LogP contribution in [0.3, 0.4) is 0 Å². The van der Waals surface area contributed by atoms with E-state index in [1.54, 1.807) is 6.92 Å². The number of nitrogens with zero attached hydrogens (tertiary/aromatic N) is 2. The number of hydrogen-bond acceptors (Lipinski definition) is 4. The molecule has 0 saturated carbocycles. The lowest BCUT2D eigenvalue weighted by atomic mass is 10.0. The molecular weight excluding hydrogens is 297 g/mol. The molecule has 0 aliphatic heterocycles. The van der Waals surface area contributed by atoms with E-state index >= 15 is 0 Å². The Morgan fingerprint density at radius 1 is 1.32 bits per heavy atom. The molecule has 0 aliphatic carbocycles. The van der Waals surface area contributed by atoms with Crippen molar-refractivity contribution in [3.63, 3.8) is 0 Å². The maximum atomic E-state index is 12.7. The summed E-state index contributed by atoms with van der Waals surface area (Å²) in [6.07, 6.45) is -3.10. The third-order valence-corrected chi connectivity index (χ3v) is 2.97. The number of anilines is 1. The molecule has 3 N–H and O–H groups in total. The summed E-state index contributed by atoms with van der Waals surface area (Å²) in [4.78, 5) is 19.4. The second-order valence-corrected chi connectivity index (χ2v) is 4.62. The Morgan fingerprint density at radius 2 is 2.05 bits per heavy atom. The number of rotatable bonds is 3. The molecule has 1 unspecified atom stereocenters. The minimum absolute atomic E-state index is 0.0475. The van der Waals surface area contributed by atoms with Crippen LogP contribution in [0.25, 0.3) is 0 Å². The fourth-order valence-electron chi connectivity index (χ4n) is 1.84. The minimum atomic E-state index is -4.43. The standard InChI is InChI=1S/C14H13F3N4O/c1-8(9-3-2-4-10(7-9)14(15,16)17)20-12(22)11-5-6-19-13(18)21-11/h2-8H,1H3,(H,20,22)(H2,18,19,21). The monoisotopic (exact) mass is 310 g/mol. The van der Waals surface area contributed by atoms with Crippen LogP contribution in [0.15, 0.2) is 36.5 Å². The summed E-state index contributed by atoms with van der Waals surface area (Å²) in [6, 6.07) is 5.52.